The van der Waals surface area contributed by atoms with E-state index < -0.39 is 6.10 Å². The molecule has 0 aromatic heterocycles. The molecule has 3 heteroatoms. The maximum atomic E-state index is 11.8. The van der Waals surface area contributed by atoms with E-state index in [2.05, 4.69) is 11.8 Å². The Morgan fingerprint density at radius 2 is 2.18 bits per heavy atom. The maximum absolute atomic E-state index is 11.8. The molecule has 1 atom stereocenters. The van der Waals surface area contributed by atoms with Gasteiger partial charge in [0, 0.05) is 12.8 Å². The van der Waals surface area contributed by atoms with Gasteiger partial charge in [-0.25, -0.2) is 0 Å². The van der Waals surface area contributed by atoms with Crippen molar-refractivity contribution in [2.24, 2.45) is 0 Å². The van der Waals surface area contributed by atoms with E-state index in [-0.39, 0.29) is 12.4 Å². The second kappa shape index (κ2) is 5.40. The molecule has 0 saturated heterocycles. The quantitative estimate of drug-likeness (QED) is 0.747. The van der Waals surface area contributed by atoms with E-state index in [9.17, 15) is 4.79 Å². The lowest BCUT2D eigenvalue weighted by Crippen LogP contribution is -2.36. The molecule has 2 rings (SSSR count). The highest BCUT2D eigenvalue weighted by atomic mass is 16.6. The Morgan fingerprint density at radius 1 is 1.41 bits per heavy atom. The van der Waals surface area contributed by atoms with Crippen molar-refractivity contribution in [1.29, 1.82) is 0 Å². The van der Waals surface area contributed by atoms with Crippen LogP contribution in [0.2, 0.25) is 0 Å². The summed E-state index contributed by atoms with van der Waals surface area (Å²) in [5, 5.41) is 0. The van der Waals surface area contributed by atoms with Crippen molar-refractivity contribution >= 4 is 5.78 Å². The molecule has 0 N–H and O–H groups in total. The van der Waals surface area contributed by atoms with Crippen molar-refractivity contribution in [1.82, 2.24) is 0 Å². The molecule has 1 aromatic carbocycles. The predicted octanol–water partition coefficient (Wildman–Crippen LogP) is 2.20. The molecule has 88 valence electrons. The zero-order valence-corrected chi connectivity index (χ0v) is 9.73. The van der Waals surface area contributed by atoms with Crippen LogP contribution < -0.4 is 9.47 Å². The first-order valence-corrected chi connectivity index (χ1v) is 5.62. The highest BCUT2D eigenvalue weighted by Crippen LogP contribution is 2.31. The smallest absolute Gasteiger partial charge is 0.190 e. The van der Waals surface area contributed by atoms with Gasteiger partial charge in [-0.15, -0.1) is 11.8 Å². The zero-order valence-electron chi connectivity index (χ0n) is 9.73. The van der Waals surface area contributed by atoms with Crippen molar-refractivity contribution in [3.63, 3.8) is 0 Å². The number of Topliss-reactive ketones (excluding diaryl/α,β-unsaturated/α-hetero) is 1. The number of hydrogen-bond acceptors (Lipinski definition) is 3. The van der Waals surface area contributed by atoms with Gasteiger partial charge in [-0.05, 0) is 19.1 Å². The minimum absolute atomic E-state index is 0.0438. The Hall–Kier alpha value is -1.95. The average Bonchev–Trinajstić information content (AvgIpc) is 2.38. The molecule has 0 fully saturated rings. The van der Waals surface area contributed by atoms with Gasteiger partial charge in [0.2, 0.25) is 0 Å². The number of ketones is 1. The first-order chi connectivity index (χ1) is 8.31. The summed E-state index contributed by atoms with van der Waals surface area (Å²) in [6.45, 7) is 2.05. The molecule has 0 aliphatic carbocycles. The largest absolute Gasteiger partial charge is 0.485 e. The van der Waals surface area contributed by atoms with Gasteiger partial charge in [-0.3, -0.25) is 4.79 Å². The highest BCUT2D eigenvalue weighted by molar-refractivity contribution is 5.84. The van der Waals surface area contributed by atoms with Crippen LogP contribution in [0, 0.1) is 11.8 Å². The van der Waals surface area contributed by atoms with Crippen LogP contribution in [-0.4, -0.2) is 18.5 Å². The molecule has 0 bridgehead atoms. The number of para-hydroxylation sites is 2. The molecule has 1 aromatic rings. The lowest BCUT2D eigenvalue weighted by Gasteiger charge is -2.25. The van der Waals surface area contributed by atoms with Crippen LogP contribution in [0.15, 0.2) is 24.3 Å². The van der Waals surface area contributed by atoms with Gasteiger partial charge in [-0.2, -0.15) is 0 Å². The van der Waals surface area contributed by atoms with E-state index in [0.717, 1.165) is 0 Å². The second-order valence-corrected chi connectivity index (χ2v) is 3.76. The molecule has 1 unspecified atom stereocenters. The van der Waals surface area contributed by atoms with Crippen molar-refractivity contribution in [3.8, 4) is 23.3 Å². The fourth-order valence-electron chi connectivity index (χ4n) is 1.65. The van der Waals surface area contributed by atoms with E-state index in [4.69, 9.17) is 9.47 Å². The molecule has 0 saturated carbocycles. The van der Waals surface area contributed by atoms with Gasteiger partial charge in [0.05, 0.1) is 0 Å². The molecular weight excluding hydrogens is 216 g/mol. The first kappa shape index (κ1) is 11.5. The molecule has 0 amide bonds. The highest BCUT2D eigenvalue weighted by Gasteiger charge is 2.26. The molecule has 1 aliphatic heterocycles. The number of ether oxygens (including phenoxy) is 2. The van der Waals surface area contributed by atoms with Crippen LogP contribution in [0.5, 0.6) is 11.5 Å². The number of carbonyl (C=O) groups is 1. The lowest BCUT2D eigenvalue weighted by molar-refractivity contribution is -0.128. The van der Waals surface area contributed by atoms with Crippen LogP contribution in [-0.2, 0) is 4.79 Å². The van der Waals surface area contributed by atoms with Crippen LogP contribution in [0.25, 0.3) is 0 Å². The van der Waals surface area contributed by atoms with E-state index in [1.807, 2.05) is 18.2 Å². The first-order valence-electron chi connectivity index (χ1n) is 5.62. The number of hydrogen-bond donors (Lipinski definition) is 0. The molecule has 0 radical (unpaired) electrons. The minimum atomic E-state index is -0.497. The van der Waals surface area contributed by atoms with Gasteiger partial charge in [0.15, 0.2) is 23.4 Å². The monoisotopic (exact) mass is 230 g/mol. The van der Waals surface area contributed by atoms with Gasteiger partial charge in [0.25, 0.3) is 0 Å². The Labute approximate surface area is 101 Å². The number of benzene rings is 1. The summed E-state index contributed by atoms with van der Waals surface area (Å²) in [5.41, 5.74) is 0. The number of carbonyl (C=O) groups excluding carboxylic acids is 1. The van der Waals surface area contributed by atoms with Crippen LogP contribution in [0.3, 0.4) is 0 Å². The fourth-order valence-corrected chi connectivity index (χ4v) is 1.65. The average molecular weight is 230 g/mol. The van der Waals surface area contributed by atoms with E-state index in [0.29, 0.717) is 24.3 Å². The summed E-state index contributed by atoms with van der Waals surface area (Å²) >= 11 is 0. The van der Waals surface area contributed by atoms with Crippen molar-refractivity contribution in [2.45, 2.75) is 25.9 Å². The predicted molar refractivity (Wildman–Crippen MR) is 64.0 cm³/mol. The summed E-state index contributed by atoms with van der Waals surface area (Å²) < 4.78 is 11.1. The van der Waals surface area contributed by atoms with E-state index >= 15 is 0 Å². The minimum Gasteiger partial charge on any atom is -0.485 e. The molecular formula is C14H14O3. The molecule has 3 nitrogen and oxygen atoms in total. The SMILES string of the molecule is CC#CCCC(=O)C1COc2ccccc2O1. The van der Waals surface area contributed by atoms with Crippen molar-refractivity contribution in [2.75, 3.05) is 6.61 Å². The number of fused-ring (bicyclic) bond motifs is 1. The Kier molecular flexibility index (Phi) is 3.66. The summed E-state index contributed by atoms with van der Waals surface area (Å²) in [6.07, 6.45) is 0.497. The van der Waals surface area contributed by atoms with Crippen LogP contribution >= 0.6 is 0 Å². The standard InChI is InChI=1S/C14H14O3/c1-2-3-4-7-11(15)14-10-16-12-8-5-6-9-13(12)17-14/h5-6,8-9,14H,4,7,10H2,1H3. The normalized spacial score (nSPS) is 16.9. The molecule has 1 heterocycles. The van der Waals surface area contributed by atoms with E-state index in [1.165, 1.54) is 0 Å². The molecule has 1 aliphatic rings. The van der Waals surface area contributed by atoms with E-state index in [1.54, 1.807) is 13.0 Å². The third-order valence-corrected chi connectivity index (χ3v) is 2.54. The van der Waals surface area contributed by atoms with Gasteiger partial charge >= 0.3 is 0 Å². The van der Waals surface area contributed by atoms with Gasteiger partial charge in [-0.1, -0.05) is 12.1 Å². The number of rotatable bonds is 3. The second-order valence-electron chi connectivity index (χ2n) is 3.76. The Bertz CT molecular complexity index is 468. The summed E-state index contributed by atoms with van der Waals surface area (Å²) in [7, 11) is 0. The summed E-state index contributed by atoms with van der Waals surface area (Å²) in [6, 6.07) is 7.37. The fraction of sp³-hybridized carbons (Fsp3) is 0.357. The molecule has 17 heavy (non-hydrogen) atoms. The summed E-state index contributed by atoms with van der Waals surface area (Å²) in [4.78, 5) is 11.8. The van der Waals surface area contributed by atoms with Crippen LogP contribution in [0.4, 0.5) is 0 Å². The Morgan fingerprint density at radius 3 is 2.94 bits per heavy atom. The van der Waals surface area contributed by atoms with Crippen molar-refractivity contribution in [3.05, 3.63) is 24.3 Å². The maximum Gasteiger partial charge on any atom is 0.190 e. The summed E-state index contributed by atoms with van der Waals surface area (Å²) in [5.74, 6) is 7.02. The third-order valence-electron chi connectivity index (χ3n) is 2.54. The molecule has 0 spiro atoms. The van der Waals surface area contributed by atoms with Crippen LogP contribution in [0.1, 0.15) is 19.8 Å². The van der Waals surface area contributed by atoms with Gasteiger partial charge in [0.1, 0.15) is 6.61 Å². The lowest BCUT2D eigenvalue weighted by atomic mass is 10.1. The van der Waals surface area contributed by atoms with Crippen molar-refractivity contribution < 1.29 is 14.3 Å². The zero-order chi connectivity index (χ0) is 12.1. The van der Waals surface area contributed by atoms with Gasteiger partial charge < -0.3 is 9.47 Å². The Balaban J connectivity index is 1.97. The third kappa shape index (κ3) is 2.79. The topological polar surface area (TPSA) is 35.5 Å².